The zero-order valence-electron chi connectivity index (χ0n) is 21.0. The first-order chi connectivity index (χ1) is 17.6. The van der Waals surface area contributed by atoms with Crippen molar-refractivity contribution in [1.82, 2.24) is 24.8 Å². The van der Waals surface area contributed by atoms with Crippen LogP contribution in [0.5, 0.6) is 0 Å². The van der Waals surface area contributed by atoms with Crippen LogP contribution in [-0.4, -0.2) is 91.2 Å². The van der Waals surface area contributed by atoms with Crippen LogP contribution in [0.15, 0.2) is 54.9 Å². The Kier molecular flexibility index (Phi) is 5.15. The maximum atomic E-state index is 5.09. The first kappa shape index (κ1) is 21.7. The summed E-state index contributed by atoms with van der Waals surface area (Å²) in [6.45, 7) is 8.58. The van der Waals surface area contributed by atoms with Crippen LogP contribution in [0.25, 0.3) is 43.6 Å². The van der Waals surface area contributed by atoms with Gasteiger partial charge in [0.15, 0.2) is 0 Å². The number of likely N-dealkylation sites (N-methyl/N-ethyl adjacent to an activating group) is 2. The highest BCUT2D eigenvalue weighted by atomic mass is 15.3. The third kappa shape index (κ3) is 3.62. The Balaban J connectivity index is 1.48. The Morgan fingerprint density at radius 3 is 1.58 bits per heavy atom. The monoisotopic (exact) mass is 477 g/mol. The molecule has 7 rings (SSSR count). The topological polar surface area (TPSA) is 51.6 Å². The van der Waals surface area contributed by atoms with Crippen LogP contribution in [0.4, 0.5) is 11.4 Å². The normalized spacial score (nSPS) is 18.2. The number of hydrogen-bond acceptors (Lipinski definition) is 7. The predicted molar refractivity (Wildman–Crippen MR) is 149 cm³/mol. The minimum absolute atomic E-state index is 0.836. The molecule has 2 aliphatic rings. The summed E-state index contributed by atoms with van der Waals surface area (Å²) in [4.78, 5) is 24.3. The molecule has 0 saturated carbocycles. The Hall–Kier alpha value is -3.55. The lowest BCUT2D eigenvalue weighted by molar-refractivity contribution is 0.313. The molecule has 0 radical (unpaired) electrons. The van der Waals surface area contributed by atoms with Crippen LogP contribution in [0.2, 0.25) is 0 Å². The van der Waals surface area contributed by atoms with E-state index in [0.717, 1.165) is 85.2 Å². The summed E-state index contributed by atoms with van der Waals surface area (Å²) in [6.07, 6.45) is 3.60. The van der Waals surface area contributed by atoms with Gasteiger partial charge in [-0.05, 0) is 55.2 Å². The van der Waals surface area contributed by atoms with Gasteiger partial charge in [0.1, 0.15) is 5.52 Å². The van der Waals surface area contributed by atoms with Crippen molar-refractivity contribution in [3.8, 4) is 0 Å². The third-order valence-corrected chi connectivity index (χ3v) is 8.01. The Morgan fingerprint density at radius 1 is 0.556 bits per heavy atom. The number of anilines is 2. The molecular weight excluding hydrogens is 446 g/mol. The summed E-state index contributed by atoms with van der Waals surface area (Å²) in [7, 11) is 4.41. The number of nitrogens with zero attached hydrogens (tertiary/aromatic N) is 7. The van der Waals surface area contributed by atoms with Crippen molar-refractivity contribution in [1.29, 1.82) is 0 Å². The van der Waals surface area contributed by atoms with Gasteiger partial charge < -0.3 is 19.6 Å². The first-order valence-electron chi connectivity index (χ1n) is 12.9. The molecule has 0 unspecified atom stereocenters. The van der Waals surface area contributed by atoms with E-state index in [2.05, 4.69) is 75.1 Å². The van der Waals surface area contributed by atoms with Crippen molar-refractivity contribution in [2.24, 2.45) is 0 Å². The SMILES string of the molecule is CN1CCN(c2ccc3c(c2)c2cc(N4CCN(C)CC4)ccc2c2nc4cnccc4nc32)CC1. The number of fused-ring (bicyclic) bond motifs is 7. The Bertz CT molecular complexity index is 1480. The van der Waals surface area contributed by atoms with Gasteiger partial charge in [-0.25, -0.2) is 9.97 Å². The van der Waals surface area contributed by atoms with Gasteiger partial charge in [0, 0.05) is 80.7 Å². The van der Waals surface area contributed by atoms with Gasteiger partial charge in [0.2, 0.25) is 0 Å². The van der Waals surface area contributed by atoms with E-state index >= 15 is 0 Å². The molecule has 2 aromatic heterocycles. The fraction of sp³-hybridized carbons (Fsp3) is 0.345. The van der Waals surface area contributed by atoms with Crippen LogP contribution in [-0.2, 0) is 0 Å². The van der Waals surface area contributed by atoms with Crippen molar-refractivity contribution in [2.45, 2.75) is 0 Å². The fourth-order valence-electron chi connectivity index (χ4n) is 5.73. The molecule has 0 bridgehead atoms. The standard InChI is InChI=1S/C29H31N7/c1-33-9-13-35(14-10-33)20-3-5-22-24(17-20)25-18-21(36-15-11-34(2)12-16-36)4-6-23(25)29-28(22)31-26-7-8-30-19-27(26)32-29/h3-8,17-19H,9-16H2,1-2H3. The van der Waals surface area contributed by atoms with E-state index in [0.29, 0.717) is 0 Å². The molecule has 0 spiro atoms. The number of hydrogen-bond donors (Lipinski definition) is 0. The van der Waals surface area contributed by atoms with E-state index < -0.39 is 0 Å². The second-order valence-electron chi connectivity index (χ2n) is 10.3. The van der Waals surface area contributed by atoms with E-state index in [9.17, 15) is 0 Å². The number of aromatic nitrogens is 3. The average molecular weight is 478 g/mol. The minimum atomic E-state index is 0.836. The average Bonchev–Trinajstić information content (AvgIpc) is 2.92. The summed E-state index contributed by atoms with van der Waals surface area (Å²) in [5.41, 5.74) is 6.22. The van der Waals surface area contributed by atoms with E-state index in [1.165, 1.54) is 22.1 Å². The third-order valence-electron chi connectivity index (χ3n) is 8.01. The molecule has 7 nitrogen and oxygen atoms in total. The molecule has 3 aromatic carbocycles. The van der Waals surface area contributed by atoms with E-state index in [-0.39, 0.29) is 0 Å². The molecule has 2 fully saturated rings. The minimum Gasteiger partial charge on any atom is -0.369 e. The zero-order valence-corrected chi connectivity index (χ0v) is 21.0. The van der Waals surface area contributed by atoms with Gasteiger partial charge in [0.25, 0.3) is 0 Å². The van der Waals surface area contributed by atoms with E-state index in [1.807, 2.05) is 12.3 Å². The summed E-state index contributed by atoms with van der Waals surface area (Å²) in [5.74, 6) is 0. The summed E-state index contributed by atoms with van der Waals surface area (Å²) < 4.78 is 0. The van der Waals surface area contributed by atoms with Crippen LogP contribution in [0, 0.1) is 0 Å². The number of pyridine rings is 1. The lowest BCUT2D eigenvalue weighted by Gasteiger charge is -2.34. The Morgan fingerprint density at radius 2 is 1.06 bits per heavy atom. The molecular formula is C29H31N7. The second kappa shape index (κ2) is 8.54. The summed E-state index contributed by atoms with van der Waals surface area (Å²) in [6, 6.07) is 15.8. The van der Waals surface area contributed by atoms with Gasteiger partial charge in [-0.3, -0.25) is 4.98 Å². The molecule has 36 heavy (non-hydrogen) atoms. The quantitative estimate of drug-likeness (QED) is 0.282. The van der Waals surface area contributed by atoms with Crippen molar-refractivity contribution in [3.63, 3.8) is 0 Å². The molecule has 2 saturated heterocycles. The van der Waals surface area contributed by atoms with Crippen LogP contribution in [0.1, 0.15) is 0 Å². The van der Waals surface area contributed by atoms with Crippen molar-refractivity contribution >= 4 is 55.0 Å². The number of benzene rings is 3. The molecule has 7 heteroatoms. The van der Waals surface area contributed by atoms with Crippen molar-refractivity contribution < 1.29 is 0 Å². The maximum absolute atomic E-state index is 5.09. The van der Waals surface area contributed by atoms with Crippen molar-refractivity contribution in [2.75, 3.05) is 76.3 Å². The molecule has 2 aliphatic heterocycles. The maximum Gasteiger partial charge on any atom is 0.108 e. The Labute approximate surface area is 210 Å². The second-order valence-corrected chi connectivity index (χ2v) is 10.3. The largest absolute Gasteiger partial charge is 0.369 e. The highest BCUT2D eigenvalue weighted by Gasteiger charge is 2.19. The molecule has 0 aliphatic carbocycles. The summed E-state index contributed by atoms with van der Waals surface area (Å²) >= 11 is 0. The van der Waals surface area contributed by atoms with Crippen LogP contribution in [0.3, 0.4) is 0 Å². The van der Waals surface area contributed by atoms with E-state index in [4.69, 9.17) is 9.97 Å². The van der Waals surface area contributed by atoms with Gasteiger partial charge in [-0.2, -0.15) is 0 Å². The number of piperazine rings is 2. The molecule has 0 amide bonds. The molecule has 0 atom stereocenters. The molecule has 5 aromatic rings. The van der Waals surface area contributed by atoms with Crippen molar-refractivity contribution in [3.05, 3.63) is 54.9 Å². The first-order valence-corrected chi connectivity index (χ1v) is 12.9. The lowest BCUT2D eigenvalue weighted by atomic mass is 9.97. The zero-order chi connectivity index (χ0) is 24.2. The molecule has 0 N–H and O–H groups in total. The van der Waals surface area contributed by atoms with Gasteiger partial charge in [-0.15, -0.1) is 0 Å². The van der Waals surface area contributed by atoms with Gasteiger partial charge in [0.05, 0.1) is 22.7 Å². The lowest BCUT2D eigenvalue weighted by Crippen LogP contribution is -2.44. The smallest absolute Gasteiger partial charge is 0.108 e. The van der Waals surface area contributed by atoms with Crippen LogP contribution < -0.4 is 9.80 Å². The predicted octanol–water partition coefficient (Wildman–Crippen LogP) is 3.99. The van der Waals surface area contributed by atoms with E-state index in [1.54, 1.807) is 6.20 Å². The highest BCUT2D eigenvalue weighted by Crippen LogP contribution is 2.38. The van der Waals surface area contributed by atoms with Gasteiger partial charge >= 0.3 is 0 Å². The molecule has 4 heterocycles. The highest BCUT2D eigenvalue weighted by molar-refractivity contribution is 6.24. The van der Waals surface area contributed by atoms with Crippen LogP contribution >= 0.6 is 0 Å². The molecule has 182 valence electrons. The summed E-state index contributed by atoms with van der Waals surface area (Å²) in [5, 5.41) is 4.83. The number of rotatable bonds is 2. The fourth-order valence-corrected chi connectivity index (χ4v) is 5.73. The van der Waals surface area contributed by atoms with Gasteiger partial charge in [-0.1, -0.05) is 12.1 Å².